The zero-order chi connectivity index (χ0) is 28.2. The molecule has 9 nitrogen and oxygen atoms in total. The summed E-state index contributed by atoms with van der Waals surface area (Å²) in [7, 11) is 1.47. The molecular weight excluding hydrogens is 537 g/mol. The number of aromatic nitrogens is 4. The van der Waals surface area contributed by atoms with E-state index in [-0.39, 0.29) is 28.8 Å². The predicted molar refractivity (Wildman–Crippen MR) is 139 cm³/mol. The Morgan fingerprint density at radius 3 is 2.49 bits per heavy atom. The number of benzene rings is 1. The van der Waals surface area contributed by atoms with Gasteiger partial charge in [0.25, 0.3) is 5.91 Å². The Morgan fingerprint density at radius 2 is 1.83 bits per heavy atom. The number of hydrogen-bond acceptors (Lipinski definition) is 7. The normalized spacial score (nSPS) is 34.5. The number of rotatable bonds is 6. The first-order valence-electron chi connectivity index (χ1n) is 13.5. The number of methoxy groups -OCH3 is 1. The highest BCUT2D eigenvalue weighted by Gasteiger charge is 3.10. The third kappa shape index (κ3) is 2.29. The van der Waals surface area contributed by atoms with Crippen LogP contribution in [0.25, 0.3) is 16.8 Å². The summed E-state index contributed by atoms with van der Waals surface area (Å²) in [6.07, 6.45) is -0.0104. The molecule has 41 heavy (non-hydrogen) atoms. The third-order valence-corrected chi connectivity index (χ3v) is 11.1. The van der Waals surface area contributed by atoms with Crippen molar-refractivity contribution in [3.05, 3.63) is 65.9 Å². The quantitative estimate of drug-likeness (QED) is 0.329. The predicted octanol–water partition coefficient (Wildman–Crippen LogP) is 3.63. The van der Waals surface area contributed by atoms with E-state index in [0.29, 0.717) is 63.8 Å². The van der Waals surface area contributed by atoms with Crippen LogP contribution in [0.2, 0.25) is 0 Å². The molecule has 1 aromatic carbocycles. The second-order valence-corrected chi connectivity index (χ2v) is 12.0. The van der Waals surface area contributed by atoms with E-state index in [2.05, 4.69) is 15.3 Å². The van der Waals surface area contributed by atoms with Crippen molar-refractivity contribution >= 4 is 23.1 Å². The van der Waals surface area contributed by atoms with Gasteiger partial charge in [-0.2, -0.15) is 13.2 Å². The number of nitrogens with two attached hydrogens (primary N) is 1. The Balaban J connectivity index is 1.08. The maximum absolute atomic E-state index is 13.1. The van der Waals surface area contributed by atoms with Gasteiger partial charge < -0.3 is 20.9 Å². The topological polar surface area (TPSA) is 128 Å². The van der Waals surface area contributed by atoms with Crippen molar-refractivity contribution in [3.63, 3.8) is 0 Å². The maximum atomic E-state index is 13.1. The van der Waals surface area contributed by atoms with Crippen LogP contribution < -0.4 is 15.8 Å². The number of imidazole rings is 1. The average Bonchev–Trinajstić information content (AvgIpc) is 3.36. The van der Waals surface area contributed by atoms with E-state index >= 15 is 0 Å². The zero-order valence-corrected chi connectivity index (χ0v) is 21.6. The highest BCUT2D eigenvalue weighted by Crippen LogP contribution is 3.09. The van der Waals surface area contributed by atoms with Crippen molar-refractivity contribution in [2.24, 2.45) is 40.9 Å². The Hall–Kier alpha value is -4.19. The first-order valence-corrected chi connectivity index (χ1v) is 13.5. The van der Waals surface area contributed by atoms with E-state index in [0.717, 1.165) is 24.2 Å². The van der Waals surface area contributed by atoms with E-state index < -0.39 is 17.6 Å². The lowest BCUT2D eigenvalue weighted by molar-refractivity contribution is -0.632. The highest BCUT2D eigenvalue weighted by molar-refractivity contribution is 6.04. The van der Waals surface area contributed by atoms with Crippen LogP contribution in [0.15, 0.2) is 48.9 Å². The van der Waals surface area contributed by atoms with Crippen molar-refractivity contribution in [1.29, 1.82) is 0 Å². The van der Waals surface area contributed by atoms with Crippen LogP contribution in [-0.4, -0.2) is 44.1 Å². The number of aliphatic hydroxyl groups is 1. The molecule has 4 N–H and O–H groups in total. The summed E-state index contributed by atoms with van der Waals surface area (Å²) in [5.41, 5.74) is 7.75. The monoisotopic (exact) mass is 560 g/mol. The van der Waals surface area contributed by atoms with Crippen LogP contribution in [0.3, 0.4) is 0 Å². The van der Waals surface area contributed by atoms with Crippen LogP contribution >= 0.6 is 0 Å². The molecule has 208 valence electrons. The van der Waals surface area contributed by atoms with Crippen LogP contribution in [0.1, 0.15) is 21.7 Å². The number of nitrogen functional groups attached to an aromatic ring is 1. The molecule has 0 unspecified atom stereocenters. The van der Waals surface area contributed by atoms with Crippen LogP contribution in [0.4, 0.5) is 24.8 Å². The summed E-state index contributed by atoms with van der Waals surface area (Å²) in [5, 5.41) is 12.5. The zero-order valence-electron chi connectivity index (χ0n) is 21.6. The lowest BCUT2D eigenvalue weighted by Crippen LogP contribution is -3.11. The third-order valence-electron chi connectivity index (χ3n) is 11.1. The molecule has 3 aromatic heterocycles. The number of anilines is 2. The number of pyridine rings is 1. The first-order chi connectivity index (χ1) is 19.7. The highest BCUT2D eigenvalue weighted by atomic mass is 19.4. The van der Waals surface area contributed by atoms with Gasteiger partial charge in [0.2, 0.25) is 0 Å². The molecule has 12 heteroatoms. The minimum Gasteiger partial charge on any atom is -0.496 e. The molecule has 6 aliphatic rings. The molecule has 10 rings (SSSR count). The number of ether oxygens (including phenoxy) is 1. The van der Waals surface area contributed by atoms with E-state index in [1.54, 1.807) is 18.3 Å². The van der Waals surface area contributed by atoms with Gasteiger partial charge in [-0.05, 0) is 65.8 Å². The lowest BCUT2D eigenvalue weighted by Gasteiger charge is -3.11. The molecule has 0 saturated heterocycles. The van der Waals surface area contributed by atoms with E-state index in [9.17, 15) is 23.1 Å². The summed E-state index contributed by atoms with van der Waals surface area (Å²) in [6, 6.07) is 6.40. The molecule has 6 aliphatic carbocycles. The number of carbonyl (C=O) groups excluding carboxylic acids is 1. The Labute approximate surface area is 230 Å². The molecule has 6 saturated carbocycles. The number of hydrogen-bond donors (Lipinski definition) is 3. The second kappa shape index (κ2) is 6.99. The number of carbonyl (C=O) groups is 1. The van der Waals surface area contributed by atoms with Gasteiger partial charge in [-0.3, -0.25) is 9.20 Å². The summed E-state index contributed by atoms with van der Waals surface area (Å²) in [5.74, 6) is 4.27. The SMILES string of the molecule is COc1cc(C(=O)Nc2cc(C(F)(F)F)ccn2)ccc1-c1nc([C@]23C4C5C2C2[C@@H]3C4C52CO)n2ccnc(N)c12. The second-order valence-electron chi connectivity index (χ2n) is 12.0. The molecule has 0 atom stereocenters. The van der Waals surface area contributed by atoms with Gasteiger partial charge >= 0.3 is 6.18 Å². The molecule has 3 heterocycles. The van der Waals surface area contributed by atoms with Gasteiger partial charge in [0, 0.05) is 47.2 Å². The van der Waals surface area contributed by atoms with Crippen molar-refractivity contribution in [2.75, 3.05) is 24.8 Å². The Bertz CT molecular complexity index is 1800. The van der Waals surface area contributed by atoms with E-state index in [1.165, 1.54) is 13.2 Å². The van der Waals surface area contributed by atoms with Crippen LogP contribution in [0, 0.1) is 40.9 Å². The number of alkyl halides is 3. The molecule has 0 aliphatic heterocycles. The molecule has 0 spiro atoms. The minimum absolute atomic E-state index is 0.0247. The van der Waals surface area contributed by atoms with Gasteiger partial charge in [0.05, 0.1) is 12.7 Å². The number of nitrogens with zero attached hydrogens (tertiary/aromatic N) is 4. The number of nitrogens with one attached hydrogen (secondary N) is 1. The van der Waals surface area contributed by atoms with Crippen molar-refractivity contribution in [1.82, 2.24) is 19.4 Å². The molecule has 6 fully saturated rings. The van der Waals surface area contributed by atoms with Crippen LogP contribution in [-0.2, 0) is 11.6 Å². The number of aliphatic hydroxyl groups excluding tert-OH is 1. The Morgan fingerprint density at radius 1 is 1.10 bits per heavy atom. The average molecular weight is 561 g/mol. The summed E-state index contributed by atoms with van der Waals surface area (Å²) >= 11 is 0. The maximum Gasteiger partial charge on any atom is 0.416 e. The van der Waals surface area contributed by atoms with Crippen LogP contribution in [0.5, 0.6) is 5.75 Å². The lowest BCUT2D eigenvalue weighted by atomic mass is 8.92. The fraction of sp³-hybridized carbons (Fsp3) is 0.379. The molecule has 4 aromatic rings. The molecule has 1 amide bonds. The van der Waals surface area contributed by atoms with Crippen molar-refractivity contribution < 1.29 is 27.8 Å². The fourth-order valence-corrected chi connectivity index (χ4v) is 9.96. The number of fused-ring (bicyclic) bond motifs is 1. The van der Waals surface area contributed by atoms with Gasteiger partial charge in [-0.25, -0.2) is 15.0 Å². The van der Waals surface area contributed by atoms with Gasteiger partial charge in [-0.15, -0.1) is 0 Å². The number of halogens is 3. The fourth-order valence-electron chi connectivity index (χ4n) is 9.96. The van der Waals surface area contributed by atoms with E-state index in [1.807, 2.05) is 10.6 Å². The van der Waals surface area contributed by atoms with Gasteiger partial charge in [0.15, 0.2) is 0 Å². The standard InChI is InChI=1S/C29H23F3N6O3/c1-41-14-8-11(25(40)36-15-9-12(4-5-34-15)29(30,31)32)2-3-13(14)22-23-24(33)35-6-7-38(23)26(37-22)28-19-16-20(28)18-21(28)17(19)27(16,18)10-39/h2-9,16-21,39H,10H2,1H3,(H2,33,35)(H,34,36,40)/t16?,17?,18?,19-,20?,21?,27?,28+. The summed E-state index contributed by atoms with van der Waals surface area (Å²) in [6.45, 7) is 0.290. The Kier molecular flexibility index (Phi) is 4.01. The van der Waals surface area contributed by atoms with Crippen molar-refractivity contribution in [3.8, 4) is 17.0 Å². The summed E-state index contributed by atoms with van der Waals surface area (Å²) < 4.78 is 47.0. The summed E-state index contributed by atoms with van der Waals surface area (Å²) in [4.78, 5) is 26.3. The first kappa shape index (κ1) is 23.5. The van der Waals surface area contributed by atoms with Gasteiger partial charge in [-0.1, -0.05) is 0 Å². The minimum atomic E-state index is -4.56. The van der Waals surface area contributed by atoms with E-state index in [4.69, 9.17) is 15.5 Å². The van der Waals surface area contributed by atoms with Gasteiger partial charge in [0.1, 0.15) is 34.4 Å². The molecule has 0 radical (unpaired) electrons. The molecule has 0 bridgehead atoms. The molecular formula is C29H23F3N6O3. The smallest absolute Gasteiger partial charge is 0.416 e. The largest absolute Gasteiger partial charge is 0.496 e. The number of amides is 1. The van der Waals surface area contributed by atoms with Crippen molar-refractivity contribution in [2.45, 2.75) is 11.6 Å².